The van der Waals surface area contributed by atoms with E-state index >= 15 is 0 Å². The first-order valence-electron chi connectivity index (χ1n) is 15.5. The zero-order valence-corrected chi connectivity index (χ0v) is 26.4. The maximum absolute atomic E-state index is 14.1. The molecule has 2 saturated carbocycles. The summed E-state index contributed by atoms with van der Waals surface area (Å²) in [6, 6.07) is 3.35. The highest BCUT2D eigenvalue weighted by Gasteiger charge is 2.69. The Bertz CT molecular complexity index is 1490. The number of piperidine rings is 1. The Morgan fingerprint density at radius 3 is 2.13 bits per heavy atom. The molecular weight excluding hydrogens is 617 g/mol. The molecule has 12 heteroatoms. The average Bonchev–Trinajstić information content (AvgIpc) is 3.56. The minimum Gasteiger partial charge on any atom is -0.481 e. The van der Waals surface area contributed by atoms with Crippen molar-refractivity contribution < 1.29 is 45.4 Å². The molecule has 5 rings (SSSR count). The van der Waals surface area contributed by atoms with E-state index in [1.807, 2.05) is 0 Å². The Labute approximate surface area is 263 Å². The van der Waals surface area contributed by atoms with E-state index in [1.54, 1.807) is 17.9 Å². The number of nitrogens with zero attached hydrogens (tertiary/aromatic N) is 2. The van der Waals surface area contributed by atoms with Crippen LogP contribution in [0.3, 0.4) is 0 Å². The highest BCUT2D eigenvalue weighted by Crippen LogP contribution is 2.72. The predicted octanol–water partition coefficient (Wildman–Crippen LogP) is 9.26. The van der Waals surface area contributed by atoms with Gasteiger partial charge in [0.25, 0.3) is 0 Å². The van der Waals surface area contributed by atoms with Gasteiger partial charge in [-0.1, -0.05) is 19.9 Å². The number of alkyl halides is 6. The van der Waals surface area contributed by atoms with Crippen molar-refractivity contribution in [2.24, 2.45) is 28.6 Å². The van der Waals surface area contributed by atoms with Gasteiger partial charge in [-0.2, -0.15) is 26.3 Å². The normalized spacial score (nSPS) is 29.2. The smallest absolute Gasteiger partial charge is 0.416 e. The van der Waals surface area contributed by atoms with Gasteiger partial charge in [0.2, 0.25) is 0 Å². The van der Waals surface area contributed by atoms with Crippen LogP contribution in [0.2, 0.25) is 0 Å². The number of carbonyl (C=O) groups excluding carboxylic acids is 1. The van der Waals surface area contributed by atoms with Gasteiger partial charge in [0.1, 0.15) is 5.82 Å². The van der Waals surface area contributed by atoms with Crippen molar-refractivity contribution in [1.82, 2.24) is 9.80 Å². The molecule has 5 nitrogen and oxygen atoms in total. The molecule has 2 aromatic rings. The monoisotopic (exact) mass is 656 g/mol. The summed E-state index contributed by atoms with van der Waals surface area (Å²) in [6.07, 6.45) is -6.91. The van der Waals surface area contributed by atoms with Gasteiger partial charge in [0.15, 0.2) is 0 Å². The zero-order chi connectivity index (χ0) is 34.1. The van der Waals surface area contributed by atoms with Gasteiger partial charge in [-0.3, -0.25) is 4.79 Å². The first-order valence-corrected chi connectivity index (χ1v) is 15.5. The third kappa shape index (κ3) is 6.08. The van der Waals surface area contributed by atoms with Crippen molar-refractivity contribution in [2.45, 2.75) is 84.2 Å². The van der Waals surface area contributed by atoms with E-state index < -0.39 is 58.8 Å². The molecule has 1 heterocycles. The Hall–Kier alpha value is -3.31. The summed E-state index contributed by atoms with van der Waals surface area (Å²) in [5, 5.41) is 9.88. The highest BCUT2D eigenvalue weighted by atomic mass is 19.4. The number of aliphatic carboxylic acids is 1. The first-order chi connectivity index (χ1) is 21.2. The summed E-state index contributed by atoms with van der Waals surface area (Å²) in [7, 11) is 1.35. The second-order valence-electron chi connectivity index (χ2n) is 14.1. The van der Waals surface area contributed by atoms with Crippen LogP contribution in [0, 0.1) is 41.3 Å². The van der Waals surface area contributed by atoms with Crippen molar-refractivity contribution in [3.05, 3.63) is 70.0 Å². The van der Waals surface area contributed by atoms with Gasteiger partial charge in [-0.25, -0.2) is 9.18 Å². The summed E-state index contributed by atoms with van der Waals surface area (Å²) in [5.41, 5.74) is -2.79. The topological polar surface area (TPSA) is 60.9 Å². The third-order valence-corrected chi connectivity index (χ3v) is 11.4. The van der Waals surface area contributed by atoms with Crippen molar-refractivity contribution in [3.8, 4) is 0 Å². The molecule has 3 aliphatic rings. The van der Waals surface area contributed by atoms with E-state index in [0.29, 0.717) is 48.9 Å². The summed E-state index contributed by atoms with van der Waals surface area (Å²) in [6.45, 7) is 7.61. The molecule has 46 heavy (non-hydrogen) atoms. The maximum atomic E-state index is 14.1. The van der Waals surface area contributed by atoms with Gasteiger partial charge in [0.05, 0.1) is 28.6 Å². The van der Waals surface area contributed by atoms with Crippen molar-refractivity contribution >= 4 is 12.0 Å². The van der Waals surface area contributed by atoms with Gasteiger partial charge >= 0.3 is 24.4 Å². The van der Waals surface area contributed by atoms with Crippen LogP contribution in [0.25, 0.3) is 0 Å². The SMILES string of the molecule is Cc1cc(F)ccc1C1CC(C(C)C2(C)CC3CC3(C(=O)O)C2)CCN1C(=O)N(C)C(C)c1cc(C(F)(F)F)cc(C(F)(F)F)c1. The number of hydrogen-bond donors (Lipinski definition) is 1. The maximum Gasteiger partial charge on any atom is 0.416 e. The van der Waals surface area contributed by atoms with Crippen LogP contribution in [0.5, 0.6) is 0 Å². The number of carboxylic acids is 1. The van der Waals surface area contributed by atoms with Crippen LogP contribution < -0.4 is 0 Å². The second-order valence-corrected chi connectivity index (χ2v) is 14.1. The summed E-state index contributed by atoms with van der Waals surface area (Å²) in [4.78, 5) is 28.8. The highest BCUT2D eigenvalue weighted by molar-refractivity contribution is 5.79. The standard InChI is InChI=1S/C34H39F7N2O3/c1-18-10-26(35)6-7-27(18)28-13-21(19(2)31(4)15-25-16-32(25,17-31)29(44)45)8-9-43(28)30(46)42(5)20(3)22-11-23(33(36,37)38)14-24(12-22)34(39,40)41/h6-7,10-12,14,19-21,25,28H,8-9,13,15-17H2,1-5H3,(H,44,45). The molecule has 1 aliphatic heterocycles. The lowest BCUT2D eigenvalue weighted by Crippen LogP contribution is -2.49. The van der Waals surface area contributed by atoms with Gasteiger partial charge in [-0.05, 0) is 116 Å². The molecule has 0 spiro atoms. The molecule has 3 fully saturated rings. The van der Waals surface area contributed by atoms with Crippen LogP contribution in [0.15, 0.2) is 36.4 Å². The van der Waals surface area contributed by atoms with Gasteiger partial charge < -0.3 is 14.9 Å². The average molecular weight is 657 g/mol. The molecule has 2 amide bonds. The Morgan fingerprint density at radius 2 is 1.61 bits per heavy atom. The van der Waals surface area contributed by atoms with Crippen molar-refractivity contribution in [2.75, 3.05) is 13.6 Å². The minimum absolute atomic E-state index is 0.0595. The fraction of sp³-hybridized carbons (Fsp3) is 0.588. The first kappa shape index (κ1) is 34.0. The van der Waals surface area contributed by atoms with E-state index in [1.165, 1.54) is 26.1 Å². The van der Waals surface area contributed by atoms with Crippen LogP contribution in [-0.4, -0.2) is 40.5 Å². The molecule has 2 aromatic carbocycles. The zero-order valence-electron chi connectivity index (χ0n) is 26.4. The van der Waals surface area contributed by atoms with E-state index in [0.717, 1.165) is 11.3 Å². The van der Waals surface area contributed by atoms with E-state index in [4.69, 9.17) is 0 Å². The van der Waals surface area contributed by atoms with Crippen LogP contribution in [0.1, 0.15) is 92.8 Å². The minimum atomic E-state index is -5.03. The predicted molar refractivity (Wildman–Crippen MR) is 156 cm³/mol. The molecule has 2 aliphatic carbocycles. The Balaban J connectivity index is 1.43. The fourth-order valence-corrected chi connectivity index (χ4v) is 8.27. The Kier molecular flexibility index (Phi) is 8.46. The number of likely N-dealkylation sites (tertiary alicyclic amines) is 1. The van der Waals surface area contributed by atoms with Gasteiger partial charge in [0, 0.05) is 13.6 Å². The van der Waals surface area contributed by atoms with E-state index in [-0.39, 0.29) is 41.3 Å². The lowest BCUT2D eigenvalue weighted by Gasteiger charge is -2.47. The molecule has 7 atom stereocenters. The molecule has 1 N–H and O–H groups in total. The fourth-order valence-electron chi connectivity index (χ4n) is 8.27. The summed E-state index contributed by atoms with van der Waals surface area (Å²) in [5.74, 6) is -0.855. The van der Waals surface area contributed by atoms with Crippen LogP contribution in [0.4, 0.5) is 35.5 Å². The number of aryl methyl sites for hydroxylation is 1. The van der Waals surface area contributed by atoms with Crippen molar-refractivity contribution in [1.29, 1.82) is 0 Å². The number of halogens is 7. The summed E-state index contributed by atoms with van der Waals surface area (Å²) >= 11 is 0. The van der Waals surface area contributed by atoms with Gasteiger partial charge in [-0.15, -0.1) is 0 Å². The lowest BCUT2D eigenvalue weighted by molar-refractivity contribution is -0.145. The lowest BCUT2D eigenvalue weighted by atomic mass is 9.64. The van der Waals surface area contributed by atoms with E-state index in [9.17, 15) is 45.4 Å². The summed E-state index contributed by atoms with van der Waals surface area (Å²) < 4.78 is 95.5. The van der Waals surface area contributed by atoms with Crippen LogP contribution in [-0.2, 0) is 17.1 Å². The number of urea groups is 1. The molecule has 0 radical (unpaired) electrons. The second kappa shape index (κ2) is 11.4. The molecular formula is C34H39F7N2O3. The number of hydrogen-bond acceptors (Lipinski definition) is 2. The number of rotatable bonds is 6. The molecule has 1 saturated heterocycles. The number of carboxylic acid groups (broad SMARTS) is 1. The molecule has 0 bridgehead atoms. The Morgan fingerprint density at radius 1 is 1.00 bits per heavy atom. The third-order valence-electron chi connectivity index (χ3n) is 11.4. The molecule has 0 aromatic heterocycles. The van der Waals surface area contributed by atoms with Crippen molar-refractivity contribution in [3.63, 3.8) is 0 Å². The number of carbonyl (C=O) groups is 2. The largest absolute Gasteiger partial charge is 0.481 e. The number of benzene rings is 2. The number of amides is 2. The quantitative estimate of drug-likeness (QED) is 0.316. The number of fused-ring (bicyclic) bond motifs is 1. The van der Waals surface area contributed by atoms with Crippen LogP contribution >= 0.6 is 0 Å². The molecule has 7 unspecified atom stereocenters. The van der Waals surface area contributed by atoms with E-state index in [2.05, 4.69) is 13.8 Å². The molecule has 252 valence electrons.